The Bertz CT molecular complexity index is 1060. The van der Waals surface area contributed by atoms with Crippen LogP contribution < -0.4 is 5.32 Å². The Hall–Kier alpha value is -3.48. The maximum atomic E-state index is 13.1. The van der Waals surface area contributed by atoms with E-state index in [2.05, 4.69) is 15.5 Å². The fourth-order valence-corrected chi connectivity index (χ4v) is 3.41. The molecular weight excluding hydrogens is 404 g/mol. The van der Waals surface area contributed by atoms with Crippen molar-refractivity contribution < 1.29 is 14.1 Å². The Morgan fingerprint density at radius 2 is 1.84 bits per heavy atom. The van der Waals surface area contributed by atoms with E-state index in [1.54, 1.807) is 23.4 Å². The first-order chi connectivity index (χ1) is 15.3. The zero-order valence-corrected chi connectivity index (χ0v) is 19.1. The lowest BCUT2D eigenvalue weighted by Crippen LogP contribution is -2.37. The molecule has 0 saturated carbocycles. The average molecular weight is 435 g/mol. The van der Waals surface area contributed by atoms with Crippen molar-refractivity contribution in [1.29, 1.82) is 0 Å². The van der Waals surface area contributed by atoms with Crippen molar-refractivity contribution in [2.45, 2.75) is 40.7 Å². The van der Waals surface area contributed by atoms with Crippen molar-refractivity contribution in [3.8, 4) is 11.3 Å². The molecule has 0 aliphatic heterocycles. The van der Waals surface area contributed by atoms with Crippen LogP contribution in [0.25, 0.3) is 11.3 Å². The lowest BCUT2D eigenvalue weighted by Gasteiger charge is -2.23. The Morgan fingerprint density at radius 1 is 1.09 bits per heavy atom. The standard InChI is InChI=1S/C25H30N4O3/c1-17(2)16-29(12-9-24(30)27-15-20-7-10-26-11-8-20)25(31)22-14-23(32-28-22)21-13-18(3)5-6-19(21)4/h5-8,10-11,13-14,17H,9,12,15-16H2,1-4H3,(H,27,30). The summed E-state index contributed by atoms with van der Waals surface area (Å²) in [5.41, 5.74) is 4.30. The number of hydrogen-bond acceptors (Lipinski definition) is 5. The average Bonchev–Trinajstić information content (AvgIpc) is 3.27. The predicted octanol–water partition coefficient (Wildman–Crippen LogP) is 4.16. The molecule has 2 aromatic heterocycles. The largest absolute Gasteiger partial charge is 0.355 e. The summed E-state index contributed by atoms with van der Waals surface area (Å²) in [7, 11) is 0. The second kappa shape index (κ2) is 10.7. The molecule has 0 unspecified atom stereocenters. The fourth-order valence-electron chi connectivity index (χ4n) is 3.41. The quantitative estimate of drug-likeness (QED) is 0.546. The van der Waals surface area contributed by atoms with Crippen LogP contribution in [0.3, 0.4) is 0 Å². The van der Waals surface area contributed by atoms with E-state index in [1.165, 1.54) is 0 Å². The molecule has 3 aromatic rings. The summed E-state index contributed by atoms with van der Waals surface area (Å²) in [5.74, 6) is 0.471. The van der Waals surface area contributed by atoms with Gasteiger partial charge in [0, 0.05) is 50.1 Å². The highest BCUT2D eigenvalue weighted by Gasteiger charge is 2.22. The van der Waals surface area contributed by atoms with Crippen LogP contribution in [-0.4, -0.2) is 39.9 Å². The van der Waals surface area contributed by atoms with Crippen LogP contribution >= 0.6 is 0 Å². The predicted molar refractivity (Wildman–Crippen MR) is 123 cm³/mol. The summed E-state index contributed by atoms with van der Waals surface area (Å²) >= 11 is 0. The number of benzene rings is 1. The minimum absolute atomic E-state index is 0.111. The Morgan fingerprint density at radius 3 is 2.56 bits per heavy atom. The van der Waals surface area contributed by atoms with Crippen LogP contribution in [0.15, 0.2) is 53.3 Å². The number of aryl methyl sites for hydroxylation is 2. The molecule has 7 nitrogen and oxygen atoms in total. The van der Waals surface area contributed by atoms with E-state index in [0.29, 0.717) is 25.4 Å². The van der Waals surface area contributed by atoms with Crippen molar-refractivity contribution >= 4 is 11.8 Å². The fraction of sp³-hybridized carbons (Fsp3) is 0.360. The summed E-state index contributed by atoms with van der Waals surface area (Å²) in [6, 6.07) is 11.5. The molecule has 32 heavy (non-hydrogen) atoms. The first-order valence-electron chi connectivity index (χ1n) is 10.8. The molecule has 0 radical (unpaired) electrons. The summed E-state index contributed by atoms with van der Waals surface area (Å²) in [4.78, 5) is 31.1. The van der Waals surface area contributed by atoms with Crippen LogP contribution in [0, 0.1) is 19.8 Å². The molecule has 0 aliphatic rings. The van der Waals surface area contributed by atoms with Crippen molar-refractivity contribution in [3.63, 3.8) is 0 Å². The van der Waals surface area contributed by atoms with Crippen LogP contribution in [-0.2, 0) is 11.3 Å². The van der Waals surface area contributed by atoms with Crippen molar-refractivity contribution in [2.75, 3.05) is 13.1 Å². The van der Waals surface area contributed by atoms with E-state index in [9.17, 15) is 9.59 Å². The van der Waals surface area contributed by atoms with E-state index >= 15 is 0 Å². The highest BCUT2D eigenvalue weighted by atomic mass is 16.5. The molecule has 2 heterocycles. The van der Waals surface area contributed by atoms with E-state index in [0.717, 1.165) is 22.3 Å². The lowest BCUT2D eigenvalue weighted by molar-refractivity contribution is -0.121. The molecule has 0 saturated heterocycles. The molecule has 2 amide bonds. The molecule has 168 valence electrons. The summed E-state index contributed by atoms with van der Waals surface area (Å²) in [5, 5.41) is 6.91. The van der Waals surface area contributed by atoms with E-state index in [-0.39, 0.29) is 29.8 Å². The molecular formula is C25H30N4O3. The normalized spacial score (nSPS) is 10.9. The monoisotopic (exact) mass is 434 g/mol. The molecule has 0 bridgehead atoms. The summed E-state index contributed by atoms with van der Waals surface area (Å²) < 4.78 is 5.49. The van der Waals surface area contributed by atoms with Crippen LogP contribution in [0.2, 0.25) is 0 Å². The lowest BCUT2D eigenvalue weighted by atomic mass is 10.0. The number of carbonyl (C=O) groups excluding carboxylic acids is 2. The highest BCUT2D eigenvalue weighted by molar-refractivity contribution is 5.93. The second-order valence-corrected chi connectivity index (χ2v) is 8.42. The van der Waals surface area contributed by atoms with E-state index in [1.807, 2.05) is 58.0 Å². The second-order valence-electron chi connectivity index (χ2n) is 8.42. The smallest absolute Gasteiger partial charge is 0.276 e. The molecule has 3 rings (SSSR count). The minimum atomic E-state index is -0.235. The number of rotatable bonds is 9. The summed E-state index contributed by atoms with van der Waals surface area (Å²) in [6.07, 6.45) is 3.59. The third-order valence-corrected chi connectivity index (χ3v) is 5.11. The van der Waals surface area contributed by atoms with Crippen LogP contribution in [0.1, 0.15) is 47.4 Å². The van der Waals surface area contributed by atoms with Crippen molar-refractivity contribution in [3.05, 3.63) is 71.2 Å². The molecule has 0 spiro atoms. The SMILES string of the molecule is Cc1ccc(C)c(-c2cc(C(=O)N(CCC(=O)NCc3ccncc3)CC(C)C)no2)c1. The zero-order chi connectivity index (χ0) is 23.1. The molecule has 1 N–H and O–H groups in total. The van der Waals surface area contributed by atoms with Gasteiger partial charge in [-0.3, -0.25) is 14.6 Å². The van der Waals surface area contributed by atoms with Gasteiger partial charge >= 0.3 is 0 Å². The van der Waals surface area contributed by atoms with Gasteiger partial charge < -0.3 is 14.7 Å². The number of pyridine rings is 1. The summed E-state index contributed by atoms with van der Waals surface area (Å²) in [6.45, 7) is 9.35. The van der Waals surface area contributed by atoms with E-state index in [4.69, 9.17) is 4.52 Å². The molecule has 0 fully saturated rings. The maximum absolute atomic E-state index is 13.1. The number of aromatic nitrogens is 2. The Balaban J connectivity index is 1.65. The number of hydrogen-bond donors (Lipinski definition) is 1. The number of amides is 2. The minimum Gasteiger partial charge on any atom is -0.355 e. The van der Waals surface area contributed by atoms with Gasteiger partial charge in [0.15, 0.2) is 11.5 Å². The maximum Gasteiger partial charge on any atom is 0.276 e. The highest BCUT2D eigenvalue weighted by Crippen LogP contribution is 2.25. The van der Waals surface area contributed by atoms with Gasteiger partial charge in [-0.05, 0) is 49.1 Å². The Kier molecular flexibility index (Phi) is 7.76. The number of carbonyl (C=O) groups is 2. The van der Waals surface area contributed by atoms with E-state index < -0.39 is 0 Å². The van der Waals surface area contributed by atoms with Crippen LogP contribution in [0.5, 0.6) is 0 Å². The van der Waals surface area contributed by atoms with Gasteiger partial charge in [0.1, 0.15) is 0 Å². The van der Waals surface area contributed by atoms with Gasteiger partial charge in [-0.2, -0.15) is 0 Å². The first-order valence-corrected chi connectivity index (χ1v) is 10.8. The van der Waals surface area contributed by atoms with Crippen molar-refractivity contribution in [2.24, 2.45) is 5.92 Å². The number of nitrogens with zero attached hydrogens (tertiary/aromatic N) is 3. The molecule has 0 aliphatic carbocycles. The van der Waals surface area contributed by atoms with Gasteiger partial charge in [0.2, 0.25) is 5.91 Å². The van der Waals surface area contributed by atoms with Crippen LogP contribution in [0.4, 0.5) is 0 Å². The topological polar surface area (TPSA) is 88.3 Å². The number of nitrogens with one attached hydrogen (secondary N) is 1. The van der Waals surface area contributed by atoms with Crippen molar-refractivity contribution in [1.82, 2.24) is 20.4 Å². The Labute approximate surface area is 188 Å². The van der Waals surface area contributed by atoms with Gasteiger partial charge in [0.25, 0.3) is 5.91 Å². The molecule has 7 heteroatoms. The van der Waals surface area contributed by atoms with Gasteiger partial charge in [-0.1, -0.05) is 36.7 Å². The zero-order valence-electron chi connectivity index (χ0n) is 19.1. The first kappa shape index (κ1) is 23.2. The van der Waals surface area contributed by atoms with Gasteiger partial charge in [-0.25, -0.2) is 0 Å². The molecule has 0 atom stereocenters. The van der Waals surface area contributed by atoms with Gasteiger partial charge in [0.05, 0.1) is 0 Å². The molecule has 1 aromatic carbocycles. The third-order valence-electron chi connectivity index (χ3n) is 5.11. The third kappa shape index (κ3) is 6.26. The van der Waals surface area contributed by atoms with Gasteiger partial charge in [-0.15, -0.1) is 0 Å².